The topological polar surface area (TPSA) is 61.4 Å². The Balaban J connectivity index is 1.42. The van der Waals surface area contributed by atoms with Crippen LogP contribution in [0.2, 0.25) is 0 Å². The SMILES string of the molecule is Cc1ccc(NC(=O)N2CCCC(CCC(=O)NCc3ccccc3C)C2)cc1. The van der Waals surface area contributed by atoms with E-state index in [0.29, 0.717) is 25.4 Å². The van der Waals surface area contributed by atoms with Gasteiger partial charge in [-0.05, 0) is 62.3 Å². The van der Waals surface area contributed by atoms with Gasteiger partial charge in [-0.3, -0.25) is 4.79 Å². The van der Waals surface area contributed by atoms with Crippen LogP contribution in [-0.2, 0) is 11.3 Å². The van der Waals surface area contributed by atoms with E-state index in [4.69, 9.17) is 0 Å². The van der Waals surface area contributed by atoms with Gasteiger partial charge in [0.25, 0.3) is 0 Å². The molecule has 1 saturated heterocycles. The molecule has 2 N–H and O–H groups in total. The molecule has 5 heteroatoms. The third-order valence-corrected chi connectivity index (χ3v) is 5.63. The molecule has 1 heterocycles. The summed E-state index contributed by atoms with van der Waals surface area (Å²) in [4.78, 5) is 26.7. The Bertz CT molecular complexity index is 832. The van der Waals surface area contributed by atoms with E-state index in [0.717, 1.165) is 37.1 Å². The average molecular weight is 394 g/mol. The highest BCUT2D eigenvalue weighted by Gasteiger charge is 2.24. The van der Waals surface area contributed by atoms with Gasteiger partial charge in [-0.25, -0.2) is 4.79 Å². The highest BCUT2D eigenvalue weighted by Crippen LogP contribution is 2.22. The van der Waals surface area contributed by atoms with Gasteiger partial charge in [-0.2, -0.15) is 0 Å². The predicted octanol–water partition coefficient (Wildman–Crippen LogP) is 4.64. The normalized spacial score (nSPS) is 16.3. The van der Waals surface area contributed by atoms with Crippen LogP contribution in [-0.4, -0.2) is 29.9 Å². The second kappa shape index (κ2) is 10.1. The van der Waals surface area contributed by atoms with Gasteiger partial charge in [0.15, 0.2) is 0 Å². The molecule has 0 spiro atoms. The monoisotopic (exact) mass is 393 g/mol. The van der Waals surface area contributed by atoms with Gasteiger partial charge in [0.2, 0.25) is 5.91 Å². The highest BCUT2D eigenvalue weighted by atomic mass is 16.2. The van der Waals surface area contributed by atoms with E-state index in [1.807, 2.05) is 54.3 Å². The zero-order valence-corrected chi connectivity index (χ0v) is 17.4. The summed E-state index contributed by atoms with van der Waals surface area (Å²) >= 11 is 0. The number of carbonyl (C=O) groups excluding carboxylic acids is 2. The van der Waals surface area contributed by atoms with Crippen molar-refractivity contribution in [2.75, 3.05) is 18.4 Å². The van der Waals surface area contributed by atoms with Gasteiger partial charge in [0.05, 0.1) is 0 Å². The predicted molar refractivity (Wildman–Crippen MR) is 117 cm³/mol. The van der Waals surface area contributed by atoms with E-state index in [2.05, 4.69) is 23.6 Å². The van der Waals surface area contributed by atoms with Crippen LogP contribution in [0.15, 0.2) is 48.5 Å². The fraction of sp³-hybridized carbons (Fsp3) is 0.417. The Morgan fingerprint density at radius 3 is 2.59 bits per heavy atom. The number of likely N-dealkylation sites (tertiary alicyclic amines) is 1. The van der Waals surface area contributed by atoms with Crippen molar-refractivity contribution < 1.29 is 9.59 Å². The Labute approximate surface area is 173 Å². The van der Waals surface area contributed by atoms with Crippen LogP contribution in [0, 0.1) is 19.8 Å². The lowest BCUT2D eigenvalue weighted by atomic mass is 9.93. The van der Waals surface area contributed by atoms with Crippen molar-refractivity contribution in [2.24, 2.45) is 5.92 Å². The number of carbonyl (C=O) groups is 2. The molecule has 29 heavy (non-hydrogen) atoms. The van der Waals surface area contributed by atoms with Crippen molar-refractivity contribution in [2.45, 2.75) is 46.1 Å². The lowest BCUT2D eigenvalue weighted by Crippen LogP contribution is -2.42. The number of nitrogens with zero attached hydrogens (tertiary/aromatic N) is 1. The summed E-state index contributed by atoms with van der Waals surface area (Å²) in [5, 5.41) is 5.99. The van der Waals surface area contributed by atoms with Crippen LogP contribution in [0.4, 0.5) is 10.5 Å². The van der Waals surface area contributed by atoms with Crippen LogP contribution in [0.25, 0.3) is 0 Å². The molecule has 1 aliphatic rings. The smallest absolute Gasteiger partial charge is 0.321 e. The Kier molecular flexibility index (Phi) is 7.28. The molecule has 0 saturated carbocycles. The van der Waals surface area contributed by atoms with Crippen LogP contribution < -0.4 is 10.6 Å². The Morgan fingerprint density at radius 1 is 1.07 bits per heavy atom. The van der Waals surface area contributed by atoms with Gasteiger partial charge in [-0.1, -0.05) is 42.0 Å². The molecule has 1 atom stereocenters. The Hall–Kier alpha value is -2.82. The summed E-state index contributed by atoms with van der Waals surface area (Å²) in [7, 11) is 0. The molecule has 3 rings (SSSR count). The average Bonchev–Trinajstić information content (AvgIpc) is 2.73. The quantitative estimate of drug-likeness (QED) is 0.751. The van der Waals surface area contributed by atoms with Crippen LogP contribution >= 0.6 is 0 Å². The minimum atomic E-state index is -0.0532. The number of anilines is 1. The van der Waals surface area contributed by atoms with E-state index >= 15 is 0 Å². The zero-order chi connectivity index (χ0) is 20.6. The molecule has 5 nitrogen and oxygen atoms in total. The first-order valence-corrected chi connectivity index (χ1v) is 10.4. The second-order valence-electron chi connectivity index (χ2n) is 7.99. The van der Waals surface area contributed by atoms with Crippen molar-refractivity contribution in [1.29, 1.82) is 0 Å². The van der Waals surface area contributed by atoms with E-state index < -0.39 is 0 Å². The van der Waals surface area contributed by atoms with Crippen LogP contribution in [0.3, 0.4) is 0 Å². The zero-order valence-electron chi connectivity index (χ0n) is 17.4. The fourth-order valence-electron chi connectivity index (χ4n) is 3.75. The van der Waals surface area contributed by atoms with E-state index in [-0.39, 0.29) is 11.9 Å². The van der Waals surface area contributed by atoms with E-state index in [9.17, 15) is 9.59 Å². The molecular formula is C24H31N3O2. The number of hydrogen-bond donors (Lipinski definition) is 2. The molecule has 0 radical (unpaired) electrons. The summed E-state index contributed by atoms with van der Waals surface area (Å²) in [6.45, 7) is 6.13. The molecule has 0 aliphatic carbocycles. The van der Waals surface area contributed by atoms with Crippen molar-refractivity contribution in [3.63, 3.8) is 0 Å². The van der Waals surface area contributed by atoms with Gasteiger partial charge < -0.3 is 15.5 Å². The van der Waals surface area contributed by atoms with Crippen LogP contribution in [0.5, 0.6) is 0 Å². The number of hydrogen-bond acceptors (Lipinski definition) is 2. The number of aryl methyl sites for hydroxylation is 2. The summed E-state index contributed by atoms with van der Waals surface area (Å²) in [6.07, 6.45) is 3.37. The first kappa shape index (κ1) is 20.9. The third kappa shape index (κ3) is 6.34. The third-order valence-electron chi connectivity index (χ3n) is 5.63. The van der Waals surface area contributed by atoms with E-state index in [1.165, 1.54) is 11.1 Å². The summed E-state index contributed by atoms with van der Waals surface area (Å²) < 4.78 is 0. The lowest BCUT2D eigenvalue weighted by Gasteiger charge is -2.32. The highest BCUT2D eigenvalue weighted by molar-refractivity contribution is 5.89. The Morgan fingerprint density at radius 2 is 1.83 bits per heavy atom. The molecule has 0 aromatic heterocycles. The van der Waals surface area contributed by atoms with Gasteiger partial charge in [0, 0.05) is 31.7 Å². The number of amides is 3. The number of urea groups is 1. The number of rotatable bonds is 6. The van der Waals surface area contributed by atoms with Crippen molar-refractivity contribution in [3.05, 3.63) is 65.2 Å². The minimum absolute atomic E-state index is 0.0532. The molecule has 1 fully saturated rings. The van der Waals surface area contributed by atoms with Crippen molar-refractivity contribution in [3.8, 4) is 0 Å². The summed E-state index contributed by atoms with van der Waals surface area (Å²) in [5.41, 5.74) is 4.33. The molecule has 1 unspecified atom stereocenters. The number of piperidine rings is 1. The van der Waals surface area contributed by atoms with Crippen LogP contribution in [0.1, 0.15) is 42.4 Å². The van der Waals surface area contributed by atoms with E-state index in [1.54, 1.807) is 0 Å². The van der Waals surface area contributed by atoms with Gasteiger partial charge in [-0.15, -0.1) is 0 Å². The molecular weight excluding hydrogens is 362 g/mol. The molecule has 3 amide bonds. The summed E-state index contributed by atoms with van der Waals surface area (Å²) in [6, 6.07) is 15.9. The molecule has 1 aliphatic heterocycles. The molecule has 2 aromatic carbocycles. The van der Waals surface area contributed by atoms with Crippen molar-refractivity contribution in [1.82, 2.24) is 10.2 Å². The first-order valence-electron chi connectivity index (χ1n) is 10.4. The molecule has 2 aromatic rings. The lowest BCUT2D eigenvalue weighted by molar-refractivity contribution is -0.121. The largest absolute Gasteiger partial charge is 0.352 e. The number of nitrogens with one attached hydrogen (secondary N) is 2. The standard InChI is InChI=1S/C24H31N3O2/c1-18-9-12-22(13-10-18)26-24(29)27-15-5-7-20(17-27)11-14-23(28)25-16-21-8-4-3-6-19(21)2/h3-4,6,8-10,12-13,20H,5,7,11,14-17H2,1-2H3,(H,25,28)(H,26,29). The minimum Gasteiger partial charge on any atom is -0.352 e. The second-order valence-corrected chi connectivity index (χ2v) is 7.99. The maximum atomic E-state index is 12.6. The van der Waals surface area contributed by atoms with Gasteiger partial charge >= 0.3 is 6.03 Å². The molecule has 154 valence electrons. The first-order chi connectivity index (χ1) is 14.0. The van der Waals surface area contributed by atoms with Crippen molar-refractivity contribution >= 4 is 17.6 Å². The fourth-order valence-corrected chi connectivity index (χ4v) is 3.75. The number of benzene rings is 2. The maximum absolute atomic E-state index is 12.6. The summed E-state index contributed by atoms with van der Waals surface area (Å²) in [5.74, 6) is 0.450. The molecule has 0 bridgehead atoms. The van der Waals surface area contributed by atoms with Gasteiger partial charge in [0.1, 0.15) is 0 Å². The maximum Gasteiger partial charge on any atom is 0.321 e.